The topological polar surface area (TPSA) is 49.4 Å². The molecule has 4 nitrogen and oxygen atoms in total. The maximum Gasteiger partial charge on any atom is 0.227 e. The van der Waals surface area contributed by atoms with Crippen LogP contribution in [-0.4, -0.2) is 30.3 Å². The molecule has 5 heteroatoms. The van der Waals surface area contributed by atoms with Crippen molar-refractivity contribution >= 4 is 11.8 Å². The van der Waals surface area contributed by atoms with Crippen molar-refractivity contribution in [3.63, 3.8) is 0 Å². The summed E-state index contributed by atoms with van der Waals surface area (Å²) in [5.74, 6) is -0.486. The lowest BCUT2D eigenvalue weighted by molar-refractivity contribution is -0.136. The number of amides is 2. The van der Waals surface area contributed by atoms with Gasteiger partial charge in [0.25, 0.3) is 0 Å². The van der Waals surface area contributed by atoms with Crippen LogP contribution in [0.4, 0.5) is 4.39 Å². The predicted molar refractivity (Wildman–Crippen MR) is 68.6 cm³/mol. The number of piperidine rings is 1. The maximum absolute atomic E-state index is 13.1. The van der Waals surface area contributed by atoms with Crippen LogP contribution in [0.15, 0.2) is 24.3 Å². The van der Waals surface area contributed by atoms with Crippen molar-refractivity contribution < 1.29 is 14.0 Å². The number of carbonyl (C=O) groups is 2. The second kappa shape index (κ2) is 5.82. The van der Waals surface area contributed by atoms with Crippen LogP contribution in [0.2, 0.25) is 0 Å². The van der Waals surface area contributed by atoms with Gasteiger partial charge in [-0.15, -0.1) is 0 Å². The third kappa shape index (κ3) is 3.53. The zero-order valence-electron chi connectivity index (χ0n) is 10.9. The summed E-state index contributed by atoms with van der Waals surface area (Å²) < 4.78 is 13.1. The van der Waals surface area contributed by atoms with E-state index >= 15 is 0 Å². The summed E-state index contributed by atoms with van der Waals surface area (Å²) >= 11 is 0. The molecule has 1 fully saturated rings. The molecular weight excluding hydrogens is 247 g/mol. The van der Waals surface area contributed by atoms with Crippen LogP contribution in [0.25, 0.3) is 0 Å². The average Bonchev–Trinajstić information content (AvgIpc) is 2.39. The zero-order chi connectivity index (χ0) is 13.8. The summed E-state index contributed by atoms with van der Waals surface area (Å²) in [6, 6.07) is 6.22. The molecule has 1 N–H and O–H groups in total. The van der Waals surface area contributed by atoms with Crippen LogP contribution in [-0.2, 0) is 16.1 Å². The molecule has 102 valence electrons. The Kier molecular flexibility index (Phi) is 4.14. The monoisotopic (exact) mass is 264 g/mol. The van der Waals surface area contributed by atoms with Crippen molar-refractivity contribution in [3.8, 4) is 0 Å². The van der Waals surface area contributed by atoms with Crippen LogP contribution in [0.3, 0.4) is 0 Å². The molecule has 1 aliphatic heterocycles. The highest BCUT2D eigenvalue weighted by Crippen LogP contribution is 2.15. The molecule has 0 radical (unpaired) electrons. The molecule has 0 aromatic heterocycles. The molecule has 1 saturated heterocycles. The lowest BCUT2D eigenvalue weighted by atomic mass is 9.97. The fraction of sp³-hybridized carbons (Fsp3) is 0.429. The number of halogens is 1. The summed E-state index contributed by atoms with van der Waals surface area (Å²) in [6.45, 7) is 0.770. The zero-order valence-corrected chi connectivity index (χ0v) is 10.9. The highest BCUT2D eigenvalue weighted by atomic mass is 19.1. The van der Waals surface area contributed by atoms with Gasteiger partial charge in [-0.25, -0.2) is 4.39 Å². The van der Waals surface area contributed by atoms with Crippen molar-refractivity contribution in [1.82, 2.24) is 10.2 Å². The van der Waals surface area contributed by atoms with E-state index in [1.165, 1.54) is 12.1 Å². The Morgan fingerprint density at radius 3 is 2.95 bits per heavy atom. The molecule has 19 heavy (non-hydrogen) atoms. The number of hydrogen-bond donors (Lipinski definition) is 1. The molecule has 1 unspecified atom stereocenters. The molecule has 2 amide bonds. The molecule has 1 heterocycles. The maximum atomic E-state index is 13.1. The normalized spacial score (nSPS) is 18.8. The van der Waals surface area contributed by atoms with E-state index in [1.807, 2.05) is 0 Å². The van der Waals surface area contributed by atoms with E-state index in [0.29, 0.717) is 25.9 Å². The van der Waals surface area contributed by atoms with Gasteiger partial charge in [0.05, 0.1) is 5.92 Å². The Morgan fingerprint density at radius 2 is 2.32 bits per heavy atom. The Hall–Kier alpha value is -1.91. The Bertz CT molecular complexity index is 480. The van der Waals surface area contributed by atoms with Gasteiger partial charge in [-0.3, -0.25) is 9.59 Å². The Labute approximate surface area is 111 Å². The standard InChI is InChI=1S/C14H17FN2O2/c1-17(9-10-3-2-4-12(15)7-10)14(19)11-5-6-13(18)16-8-11/h2-4,7,11H,5-6,8-9H2,1H3,(H,16,18). The van der Waals surface area contributed by atoms with Gasteiger partial charge in [0.15, 0.2) is 0 Å². The first-order chi connectivity index (χ1) is 9.06. The van der Waals surface area contributed by atoms with E-state index in [1.54, 1.807) is 24.1 Å². The fourth-order valence-corrected chi connectivity index (χ4v) is 2.24. The van der Waals surface area contributed by atoms with Crippen molar-refractivity contribution in [2.75, 3.05) is 13.6 Å². The van der Waals surface area contributed by atoms with E-state index in [-0.39, 0.29) is 23.5 Å². The quantitative estimate of drug-likeness (QED) is 0.895. The Balaban J connectivity index is 1.94. The molecule has 0 aliphatic carbocycles. The smallest absolute Gasteiger partial charge is 0.227 e. The summed E-state index contributed by atoms with van der Waals surface area (Å²) in [6.07, 6.45) is 0.975. The SMILES string of the molecule is CN(Cc1cccc(F)c1)C(=O)C1CCC(=O)NC1. The van der Waals surface area contributed by atoms with Crippen LogP contribution in [0, 0.1) is 11.7 Å². The van der Waals surface area contributed by atoms with Crippen LogP contribution >= 0.6 is 0 Å². The van der Waals surface area contributed by atoms with Crippen LogP contribution in [0.1, 0.15) is 18.4 Å². The molecule has 1 aromatic carbocycles. The third-order valence-corrected chi connectivity index (χ3v) is 3.30. The van der Waals surface area contributed by atoms with Crippen LogP contribution < -0.4 is 5.32 Å². The fourth-order valence-electron chi connectivity index (χ4n) is 2.24. The Morgan fingerprint density at radius 1 is 1.53 bits per heavy atom. The van der Waals surface area contributed by atoms with E-state index in [0.717, 1.165) is 5.56 Å². The molecule has 0 saturated carbocycles. The summed E-state index contributed by atoms with van der Waals surface area (Å²) in [7, 11) is 1.70. The van der Waals surface area contributed by atoms with E-state index in [2.05, 4.69) is 5.32 Å². The van der Waals surface area contributed by atoms with Crippen molar-refractivity contribution in [3.05, 3.63) is 35.6 Å². The molecule has 1 atom stereocenters. The first-order valence-electron chi connectivity index (χ1n) is 6.32. The first-order valence-corrected chi connectivity index (χ1v) is 6.32. The lowest BCUT2D eigenvalue weighted by Crippen LogP contribution is -2.43. The predicted octanol–water partition coefficient (Wildman–Crippen LogP) is 1.31. The lowest BCUT2D eigenvalue weighted by Gasteiger charge is -2.26. The van der Waals surface area contributed by atoms with E-state index in [9.17, 15) is 14.0 Å². The van der Waals surface area contributed by atoms with E-state index < -0.39 is 0 Å². The molecule has 0 spiro atoms. The van der Waals surface area contributed by atoms with Gasteiger partial charge in [0.1, 0.15) is 5.82 Å². The van der Waals surface area contributed by atoms with Gasteiger partial charge >= 0.3 is 0 Å². The number of nitrogens with zero attached hydrogens (tertiary/aromatic N) is 1. The third-order valence-electron chi connectivity index (χ3n) is 3.30. The van der Waals surface area contributed by atoms with Crippen molar-refractivity contribution in [1.29, 1.82) is 0 Å². The molecule has 0 bridgehead atoms. The van der Waals surface area contributed by atoms with Crippen molar-refractivity contribution in [2.45, 2.75) is 19.4 Å². The number of hydrogen-bond acceptors (Lipinski definition) is 2. The molecule has 1 aromatic rings. The molecular formula is C14H17FN2O2. The minimum atomic E-state index is -0.303. The second-order valence-electron chi connectivity index (χ2n) is 4.86. The molecule has 2 rings (SSSR count). The van der Waals surface area contributed by atoms with E-state index in [4.69, 9.17) is 0 Å². The number of benzene rings is 1. The summed E-state index contributed by atoms with van der Waals surface area (Å²) in [5.41, 5.74) is 0.760. The number of carbonyl (C=O) groups excluding carboxylic acids is 2. The summed E-state index contributed by atoms with van der Waals surface area (Å²) in [5, 5.41) is 2.69. The second-order valence-corrected chi connectivity index (χ2v) is 4.86. The van der Waals surface area contributed by atoms with Crippen LogP contribution in [0.5, 0.6) is 0 Å². The minimum absolute atomic E-state index is 0.00293. The van der Waals surface area contributed by atoms with Gasteiger partial charge in [0.2, 0.25) is 11.8 Å². The summed E-state index contributed by atoms with van der Waals surface area (Å²) in [4.78, 5) is 24.8. The van der Waals surface area contributed by atoms with Gasteiger partial charge in [0, 0.05) is 26.6 Å². The van der Waals surface area contributed by atoms with Gasteiger partial charge in [-0.05, 0) is 24.1 Å². The highest BCUT2D eigenvalue weighted by molar-refractivity contribution is 5.83. The number of nitrogens with one attached hydrogen (secondary N) is 1. The largest absolute Gasteiger partial charge is 0.355 e. The average molecular weight is 264 g/mol. The van der Waals surface area contributed by atoms with Crippen molar-refractivity contribution in [2.24, 2.45) is 5.92 Å². The first kappa shape index (κ1) is 13.5. The minimum Gasteiger partial charge on any atom is -0.355 e. The van der Waals surface area contributed by atoms with Gasteiger partial charge < -0.3 is 10.2 Å². The number of rotatable bonds is 3. The highest BCUT2D eigenvalue weighted by Gasteiger charge is 2.26. The molecule has 1 aliphatic rings. The van der Waals surface area contributed by atoms with Gasteiger partial charge in [-0.2, -0.15) is 0 Å². The van der Waals surface area contributed by atoms with Gasteiger partial charge in [-0.1, -0.05) is 12.1 Å².